The van der Waals surface area contributed by atoms with Crippen molar-refractivity contribution in [1.29, 1.82) is 0 Å². The van der Waals surface area contributed by atoms with Crippen molar-refractivity contribution in [2.45, 2.75) is 64.1 Å². The van der Waals surface area contributed by atoms with Crippen LogP contribution < -0.4 is 15.5 Å². The lowest BCUT2D eigenvalue weighted by molar-refractivity contribution is -0.137. The number of carbonyl (C=O) groups excluding carboxylic acids is 1. The first-order valence-corrected chi connectivity index (χ1v) is 14.3. The van der Waals surface area contributed by atoms with Crippen LogP contribution in [0, 0.1) is 11.8 Å². The van der Waals surface area contributed by atoms with E-state index in [1.807, 2.05) is 25.1 Å². The SMILES string of the molecule is CCNC(=O)c1cccc(-c2cnc(N[C@@H]3CCCC[C@H]3C[C@H]3CCCN(c4ccc(C(F)(F)F)cc4)C3)o2)c1. The van der Waals surface area contributed by atoms with Crippen molar-refractivity contribution in [2.24, 2.45) is 11.8 Å². The lowest BCUT2D eigenvalue weighted by atomic mass is 9.77. The number of benzene rings is 2. The summed E-state index contributed by atoms with van der Waals surface area (Å²) >= 11 is 0. The average Bonchev–Trinajstić information content (AvgIpc) is 3.43. The summed E-state index contributed by atoms with van der Waals surface area (Å²) < 4.78 is 45.0. The summed E-state index contributed by atoms with van der Waals surface area (Å²) in [7, 11) is 0. The first-order valence-electron chi connectivity index (χ1n) is 14.3. The van der Waals surface area contributed by atoms with Crippen LogP contribution in [0.15, 0.2) is 59.1 Å². The van der Waals surface area contributed by atoms with Crippen molar-refractivity contribution in [3.8, 4) is 11.3 Å². The number of piperidine rings is 1. The number of halogens is 3. The maximum atomic E-state index is 13.0. The Labute approximate surface area is 233 Å². The van der Waals surface area contributed by atoms with Crippen LogP contribution in [-0.4, -0.2) is 36.6 Å². The second-order valence-electron chi connectivity index (χ2n) is 11.0. The van der Waals surface area contributed by atoms with E-state index in [9.17, 15) is 18.0 Å². The van der Waals surface area contributed by atoms with E-state index in [0.717, 1.165) is 62.9 Å². The lowest BCUT2D eigenvalue weighted by Gasteiger charge is -2.39. The van der Waals surface area contributed by atoms with Gasteiger partial charge in [0.1, 0.15) is 0 Å². The number of oxazole rings is 1. The Balaban J connectivity index is 1.21. The van der Waals surface area contributed by atoms with E-state index >= 15 is 0 Å². The Hall–Kier alpha value is -3.49. The van der Waals surface area contributed by atoms with Crippen molar-refractivity contribution >= 4 is 17.6 Å². The molecular weight excluding hydrogens is 517 g/mol. The summed E-state index contributed by atoms with van der Waals surface area (Å²) in [5.41, 5.74) is 1.63. The topological polar surface area (TPSA) is 70.4 Å². The van der Waals surface area contributed by atoms with Gasteiger partial charge >= 0.3 is 6.18 Å². The molecule has 2 aliphatic rings. The summed E-state index contributed by atoms with van der Waals surface area (Å²) in [5.74, 6) is 1.45. The molecule has 3 atom stereocenters. The molecular formula is C31H37F3N4O2. The van der Waals surface area contributed by atoms with Gasteiger partial charge in [-0.2, -0.15) is 13.2 Å². The minimum Gasteiger partial charge on any atom is -0.424 e. The predicted octanol–water partition coefficient (Wildman–Crippen LogP) is 7.39. The van der Waals surface area contributed by atoms with Gasteiger partial charge in [-0.05, 0) is 87.3 Å². The molecule has 9 heteroatoms. The number of alkyl halides is 3. The third-order valence-electron chi connectivity index (χ3n) is 8.19. The molecule has 1 aliphatic carbocycles. The number of hydrogen-bond donors (Lipinski definition) is 2. The van der Waals surface area contributed by atoms with Gasteiger partial charge in [-0.1, -0.05) is 25.0 Å². The number of rotatable bonds is 8. The Morgan fingerprint density at radius 1 is 1.07 bits per heavy atom. The highest BCUT2D eigenvalue weighted by molar-refractivity contribution is 5.95. The molecule has 1 amide bonds. The largest absolute Gasteiger partial charge is 0.424 e. The zero-order valence-electron chi connectivity index (χ0n) is 22.8. The number of nitrogens with zero attached hydrogens (tertiary/aromatic N) is 2. The zero-order valence-corrected chi connectivity index (χ0v) is 22.8. The monoisotopic (exact) mass is 554 g/mol. The maximum Gasteiger partial charge on any atom is 0.416 e. The van der Waals surface area contributed by atoms with Crippen molar-refractivity contribution in [3.63, 3.8) is 0 Å². The minimum atomic E-state index is -4.31. The molecule has 40 heavy (non-hydrogen) atoms. The Morgan fingerprint density at radius 3 is 2.65 bits per heavy atom. The van der Waals surface area contributed by atoms with E-state index in [1.165, 1.54) is 18.6 Å². The smallest absolute Gasteiger partial charge is 0.416 e. The van der Waals surface area contributed by atoms with Crippen LogP contribution in [0.25, 0.3) is 11.3 Å². The Morgan fingerprint density at radius 2 is 1.88 bits per heavy atom. The molecule has 3 aromatic rings. The van der Waals surface area contributed by atoms with Crippen molar-refractivity contribution in [2.75, 3.05) is 29.9 Å². The van der Waals surface area contributed by atoms with Gasteiger partial charge in [-0.3, -0.25) is 4.79 Å². The zero-order chi connectivity index (χ0) is 28.1. The molecule has 0 unspecified atom stereocenters. The maximum absolute atomic E-state index is 13.0. The van der Waals surface area contributed by atoms with Gasteiger partial charge in [-0.15, -0.1) is 0 Å². The molecule has 2 N–H and O–H groups in total. The Kier molecular flexibility index (Phi) is 8.66. The molecule has 1 saturated carbocycles. The van der Waals surface area contributed by atoms with Gasteiger partial charge in [0.25, 0.3) is 11.9 Å². The molecule has 5 rings (SSSR count). The first kappa shape index (κ1) is 28.1. The molecule has 2 heterocycles. The summed E-state index contributed by atoms with van der Waals surface area (Å²) in [6.07, 6.45) is 5.14. The van der Waals surface area contributed by atoms with E-state index in [1.54, 1.807) is 24.4 Å². The quantitative estimate of drug-likeness (QED) is 0.304. The molecule has 0 spiro atoms. The second kappa shape index (κ2) is 12.4. The van der Waals surface area contributed by atoms with Gasteiger partial charge < -0.3 is 20.0 Å². The standard InChI is InChI=1S/C31H37F3N4O2/c1-2-35-29(39)24-10-5-9-23(18-24)28-19-36-30(40-28)37-27-11-4-3-8-22(27)17-21-7-6-16-38(20-21)26-14-12-25(13-15-26)31(32,33)34/h5,9-10,12-15,18-19,21-22,27H,2-4,6-8,11,16-17,20H2,1H3,(H,35,39)(H,36,37)/t21-,22+,27-/m1/s1. The number of nitrogens with one attached hydrogen (secondary N) is 2. The fourth-order valence-corrected chi connectivity index (χ4v) is 6.17. The molecule has 6 nitrogen and oxygen atoms in total. The number of anilines is 2. The van der Waals surface area contributed by atoms with Crippen LogP contribution in [0.1, 0.15) is 67.8 Å². The molecule has 0 bridgehead atoms. The first-order chi connectivity index (χ1) is 19.3. The van der Waals surface area contributed by atoms with E-state index in [-0.39, 0.29) is 11.9 Å². The van der Waals surface area contributed by atoms with Gasteiger partial charge in [0, 0.05) is 42.5 Å². The van der Waals surface area contributed by atoms with E-state index in [2.05, 4.69) is 20.5 Å². The average molecular weight is 555 g/mol. The fraction of sp³-hybridized carbons (Fsp3) is 0.484. The summed E-state index contributed by atoms with van der Waals surface area (Å²) in [6, 6.07) is 13.6. The van der Waals surface area contributed by atoms with E-state index in [4.69, 9.17) is 4.42 Å². The van der Waals surface area contributed by atoms with Gasteiger partial charge in [0.15, 0.2) is 5.76 Å². The number of hydrogen-bond acceptors (Lipinski definition) is 5. The van der Waals surface area contributed by atoms with Crippen LogP contribution in [-0.2, 0) is 6.18 Å². The number of amides is 1. The highest BCUT2D eigenvalue weighted by Crippen LogP contribution is 2.36. The second-order valence-corrected chi connectivity index (χ2v) is 11.0. The normalized spacial score (nSPS) is 21.7. The summed E-state index contributed by atoms with van der Waals surface area (Å²) in [4.78, 5) is 19.0. The highest BCUT2D eigenvalue weighted by Gasteiger charge is 2.32. The highest BCUT2D eigenvalue weighted by atomic mass is 19.4. The lowest BCUT2D eigenvalue weighted by Crippen LogP contribution is -2.39. The third kappa shape index (κ3) is 6.80. The van der Waals surface area contributed by atoms with Gasteiger partial charge in [0.05, 0.1) is 11.8 Å². The van der Waals surface area contributed by atoms with Crippen molar-refractivity contribution in [1.82, 2.24) is 10.3 Å². The van der Waals surface area contributed by atoms with Crippen LogP contribution in [0.5, 0.6) is 0 Å². The number of aromatic nitrogens is 1. The summed E-state index contributed by atoms with van der Waals surface area (Å²) in [5, 5.41) is 6.37. The molecule has 214 valence electrons. The fourth-order valence-electron chi connectivity index (χ4n) is 6.17. The van der Waals surface area contributed by atoms with Crippen molar-refractivity contribution < 1.29 is 22.4 Å². The Bertz CT molecular complexity index is 1270. The third-order valence-corrected chi connectivity index (χ3v) is 8.19. The van der Waals surface area contributed by atoms with Crippen LogP contribution >= 0.6 is 0 Å². The van der Waals surface area contributed by atoms with Crippen LogP contribution in [0.3, 0.4) is 0 Å². The van der Waals surface area contributed by atoms with Gasteiger partial charge in [0.2, 0.25) is 0 Å². The summed E-state index contributed by atoms with van der Waals surface area (Å²) in [6.45, 7) is 4.18. The molecule has 1 aromatic heterocycles. The number of carbonyl (C=O) groups is 1. The van der Waals surface area contributed by atoms with E-state index in [0.29, 0.717) is 35.7 Å². The van der Waals surface area contributed by atoms with E-state index < -0.39 is 11.7 Å². The molecule has 1 saturated heterocycles. The molecule has 2 fully saturated rings. The van der Waals surface area contributed by atoms with Gasteiger partial charge in [-0.25, -0.2) is 4.98 Å². The van der Waals surface area contributed by atoms with Crippen LogP contribution in [0.2, 0.25) is 0 Å². The molecule has 2 aromatic carbocycles. The minimum absolute atomic E-state index is 0.119. The van der Waals surface area contributed by atoms with Crippen LogP contribution in [0.4, 0.5) is 24.9 Å². The molecule has 1 aliphatic heterocycles. The van der Waals surface area contributed by atoms with Crippen molar-refractivity contribution in [3.05, 3.63) is 65.9 Å². The molecule has 0 radical (unpaired) electrons. The predicted molar refractivity (Wildman–Crippen MR) is 150 cm³/mol.